The van der Waals surface area contributed by atoms with Crippen molar-refractivity contribution >= 4 is 15.9 Å². The number of hydrogen-bond donors (Lipinski definition) is 1. The van der Waals surface area contributed by atoms with Crippen LogP contribution in [0.2, 0.25) is 0 Å². The third kappa shape index (κ3) is 4.26. The molecule has 0 fully saturated rings. The Bertz CT molecular complexity index is 643. The van der Waals surface area contributed by atoms with Gasteiger partial charge in [0.2, 0.25) is 0 Å². The predicted octanol–water partition coefficient (Wildman–Crippen LogP) is 0.975. The maximum atomic E-state index is 11.4. The molecule has 0 aliphatic carbocycles. The highest BCUT2D eigenvalue weighted by atomic mass is 32.2. The minimum atomic E-state index is -3.56. The Morgan fingerprint density at radius 1 is 1.45 bits per heavy atom. The fourth-order valence-electron chi connectivity index (χ4n) is 1.42. The van der Waals surface area contributed by atoms with Gasteiger partial charge in [0.15, 0.2) is 21.3 Å². The van der Waals surface area contributed by atoms with Crippen LogP contribution < -0.4 is 9.47 Å². The summed E-state index contributed by atoms with van der Waals surface area (Å²) >= 11 is 0. The van der Waals surface area contributed by atoms with Crippen molar-refractivity contribution in [3.05, 3.63) is 28.7 Å². The number of methoxy groups -OCH3 is 1. The van der Waals surface area contributed by atoms with Crippen LogP contribution in [0.15, 0.2) is 23.1 Å². The number of aliphatic hydroxyl groups is 1. The number of nitrogens with zero attached hydrogens (tertiary/aromatic N) is 1. The molecule has 0 aliphatic rings. The van der Waals surface area contributed by atoms with E-state index in [2.05, 4.69) is 0 Å². The van der Waals surface area contributed by atoms with Gasteiger partial charge in [-0.15, -0.1) is 0 Å². The monoisotopic (exact) mass is 297 g/mol. The molecule has 0 heterocycles. The molecule has 0 radical (unpaired) electrons. The first-order valence-electron chi connectivity index (χ1n) is 5.66. The summed E-state index contributed by atoms with van der Waals surface area (Å²) in [4.78, 5) is -0.330. The molecular weight excluding hydrogens is 282 g/mol. The maximum absolute atomic E-state index is 11.4. The van der Waals surface area contributed by atoms with E-state index in [0.29, 0.717) is 17.1 Å². The van der Waals surface area contributed by atoms with Crippen LogP contribution in [0.4, 0.5) is 0 Å². The second kappa shape index (κ2) is 6.93. The van der Waals surface area contributed by atoms with Crippen LogP contribution in [0.1, 0.15) is 5.56 Å². The SMILES string of the molecule is COc1cc(C=C(C#N)S(C)(=O)=O)ccc1OCCO. The van der Waals surface area contributed by atoms with Gasteiger partial charge in [-0.3, -0.25) is 0 Å². The van der Waals surface area contributed by atoms with E-state index in [1.807, 2.05) is 0 Å². The number of aliphatic hydroxyl groups excluding tert-OH is 1. The van der Waals surface area contributed by atoms with Crippen molar-refractivity contribution in [2.75, 3.05) is 26.6 Å². The smallest absolute Gasteiger partial charge is 0.185 e. The molecule has 0 saturated carbocycles. The molecule has 7 heteroatoms. The fourth-order valence-corrected chi connectivity index (χ4v) is 1.94. The number of sulfone groups is 1. The van der Waals surface area contributed by atoms with Gasteiger partial charge in [0.1, 0.15) is 17.6 Å². The molecule has 0 saturated heterocycles. The summed E-state index contributed by atoms with van der Waals surface area (Å²) in [6, 6.07) is 6.37. The Balaban J connectivity index is 3.17. The number of benzene rings is 1. The standard InChI is InChI=1S/C13H15NO5S/c1-18-13-8-10(3-4-12(13)19-6-5-15)7-11(9-14)20(2,16)17/h3-4,7-8,15H,5-6H2,1-2H3. The summed E-state index contributed by atoms with van der Waals surface area (Å²) in [5.41, 5.74) is 0.500. The molecule has 0 atom stereocenters. The number of rotatable bonds is 6. The van der Waals surface area contributed by atoms with E-state index in [1.54, 1.807) is 24.3 Å². The first-order valence-corrected chi connectivity index (χ1v) is 7.55. The molecule has 1 aromatic carbocycles. The molecule has 20 heavy (non-hydrogen) atoms. The molecule has 0 bridgehead atoms. The van der Waals surface area contributed by atoms with E-state index in [4.69, 9.17) is 19.8 Å². The van der Waals surface area contributed by atoms with Gasteiger partial charge >= 0.3 is 0 Å². The van der Waals surface area contributed by atoms with Crippen molar-refractivity contribution in [3.63, 3.8) is 0 Å². The fraction of sp³-hybridized carbons (Fsp3) is 0.308. The lowest BCUT2D eigenvalue weighted by Crippen LogP contribution is -2.03. The molecule has 0 amide bonds. The van der Waals surface area contributed by atoms with E-state index in [9.17, 15) is 8.42 Å². The summed E-state index contributed by atoms with van der Waals surface area (Å²) in [6.07, 6.45) is 2.23. The highest BCUT2D eigenvalue weighted by molar-refractivity contribution is 7.95. The van der Waals surface area contributed by atoms with Crippen molar-refractivity contribution in [3.8, 4) is 17.6 Å². The molecule has 0 unspecified atom stereocenters. The number of nitriles is 1. The lowest BCUT2D eigenvalue weighted by molar-refractivity contribution is 0.196. The van der Waals surface area contributed by atoms with Crippen LogP contribution in [0, 0.1) is 11.3 Å². The first kappa shape index (κ1) is 16.0. The van der Waals surface area contributed by atoms with E-state index in [0.717, 1.165) is 6.26 Å². The summed E-state index contributed by atoms with van der Waals surface area (Å²) in [5, 5.41) is 17.5. The number of allylic oxidation sites excluding steroid dienone is 1. The predicted molar refractivity (Wildman–Crippen MR) is 74.0 cm³/mol. The first-order chi connectivity index (χ1) is 9.42. The molecule has 0 aliphatic heterocycles. The molecule has 1 N–H and O–H groups in total. The van der Waals surface area contributed by atoms with Crippen LogP contribution in [0.25, 0.3) is 6.08 Å². The third-order valence-corrected chi connectivity index (χ3v) is 3.35. The lowest BCUT2D eigenvalue weighted by atomic mass is 10.2. The van der Waals surface area contributed by atoms with Gasteiger partial charge in [-0.2, -0.15) is 5.26 Å². The van der Waals surface area contributed by atoms with Gasteiger partial charge in [-0.1, -0.05) is 6.07 Å². The average Bonchev–Trinajstić information content (AvgIpc) is 2.41. The quantitative estimate of drug-likeness (QED) is 0.786. The normalized spacial score (nSPS) is 11.8. The molecule has 1 aromatic rings. The minimum Gasteiger partial charge on any atom is -0.493 e. The van der Waals surface area contributed by atoms with E-state index >= 15 is 0 Å². The average molecular weight is 297 g/mol. The van der Waals surface area contributed by atoms with Gasteiger partial charge in [-0.25, -0.2) is 8.42 Å². The zero-order valence-electron chi connectivity index (χ0n) is 11.2. The Morgan fingerprint density at radius 2 is 2.15 bits per heavy atom. The highest BCUT2D eigenvalue weighted by Crippen LogP contribution is 2.29. The summed E-state index contributed by atoms with van der Waals surface area (Å²) in [5.74, 6) is 0.814. The van der Waals surface area contributed by atoms with Gasteiger partial charge in [-0.05, 0) is 23.8 Å². The Morgan fingerprint density at radius 3 is 2.65 bits per heavy atom. The Hall–Kier alpha value is -2.04. The van der Waals surface area contributed by atoms with Crippen LogP contribution in [0.3, 0.4) is 0 Å². The van der Waals surface area contributed by atoms with Crippen molar-refractivity contribution in [2.24, 2.45) is 0 Å². The van der Waals surface area contributed by atoms with E-state index < -0.39 is 9.84 Å². The van der Waals surface area contributed by atoms with Crippen LogP contribution >= 0.6 is 0 Å². The summed E-state index contributed by atoms with van der Waals surface area (Å²) in [7, 11) is -2.12. The zero-order chi connectivity index (χ0) is 15.2. The van der Waals surface area contributed by atoms with Crippen molar-refractivity contribution in [1.82, 2.24) is 0 Å². The van der Waals surface area contributed by atoms with Crippen LogP contribution in [-0.2, 0) is 9.84 Å². The largest absolute Gasteiger partial charge is 0.493 e. The molecule has 0 aromatic heterocycles. The molecule has 0 spiro atoms. The summed E-state index contributed by atoms with van der Waals surface area (Å²) in [6.45, 7) is -0.00417. The lowest BCUT2D eigenvalue weighted by Gasteiger charge is -2.10. The van der Waals surface area contributed by atoms with E-state index in [1.165, 1.54) is 13.2 Å². The summed E-state index contributed by atoms with van der Waals surface area (Å²) < 4.78 is 33.1. The van der Waals surface area contributed by atoms with Gasteiger partial charge in [0, 0.05) is 6.26 Å². The zero-order valence-corrected chi connectivity index (χ0v) is 12.0. The second-order valence-corrected chi connectivity index (χ2v) is 5.86. The van der Waals surface area contributed by atoms with Crippen molar-refractivity contribution in [1.29, 1.82) is 5.26 Å². The van der Waals surface area contributed by atoms with Crippen molar-refractivity contribution < 1.29 is 23.0 Å². The Labute approximate surface area is 117 Å². The highest BCUT2D eigenvalue weighted by Gasteiger charge is 2.11. The topological polar surface area (TPSA) is 96.6 Å². The van der Waals surface area contributed by atoms with Crippen LogP contribution in [0.5, 0.6) is 11.5 Å². The molecular formula is C13H15NO5S. The minimum absolute atomic E-state index is 0.123. The number of hydrogen-bond acceptors (Lipinski definition) is 6. The Kier molecular flexibility index (Phi) is 5.55. The van der Waals surface area contributed by atoms with Crippen LogP contribution in [-0.4, -0.2) is 40.1 Å². The molecule has 1 rings (SSSR count). The maximum Gasteiger partial charge on any atom is 0.185 e. The van der Waals surface area contributed by atoms with E-state index in [-0.39, 0.29) is 18.1 Å². The third-order valence-electron chi connectivity index (χ3n) is 2.34. The van der Waals surface area contributed by atoms with Gasteiger partial charge in [0.25, 0.3) is 0 Å². The number of ether oxygens (including phenoxy) is 2. The second-order valence-electron chi connectivity index (χ2n) is 3.87. The molecule has 6 nitrogen and oxygen atoms in total. The van der Waals surface area contributed by atoms with Crippen molar-refractivity contribution in [2.45, 2.75) is 0 Å². The van der Waals surface area contributed by atoms with Gasteiger partial charge < -0.3 is 14.6 Å². The van der Waals surface area contributed by atoms with Gasteiger partial charge in [0.05, 0.1) is 13.7 Å². The molecule has 108 valence electrons.